The molecule has 0 aliphatic heterocycles. The molecule has 2 aromatic rings. The Kier molecular flexibility index (Phi) is 28.7. The number of aryl methyl sites for hydroxylation is 3. The van der Waals surface area contributed by atoms with Crippen LogP contribution in [-0.4, -0.2) is 0 Å². The molecule has 0 heterocycles. The summed E-state index contributed by atoms with van der Waals surface area (Å²) in [6.45, 7) is 41.4. The molecule has 0 saturated heterocycles. The average molecular weight is 655 g/mol. The van der Waals surface area contributed by atoms with E-state index in [-0.39, 0.29) is 11.5 Å². The second-order valence-electron chi connectivity index (χ2n) is 13.5. The summed E-state index contributed by atoms with van der Waals surface area (Å²) in [4.78, 5) is 0. The third-order valence-electron chi connectivity index (χ3n) is 7.47. The summed E-state index contributed by atoms with van der Waals surface area (Å²) in [5, 5.41) is 3.71. The van der Waals surface area contributed by atoms with Gasteiger partial charge in [-0.1, -0.05) is 167 Å². The molecule has 0 aliphatic rings. The first-order valence-electron chi connectivity index (χ1n) is 17.9. The van der Waals surface area contributed by atoms with Crippen LogP contribution in [0.15, 0.2) is 96.9 Å². The molecule has 1 unspecified atom stereocenters. The van der Waals surface area contributed by atoms with Gasteiger partial charge in [0.1, 0.15) is 0 Å². The van der Waals surface area contributed by atoms with Gasteiger partial charge in [-0.25, -0.2) is 0 Å². The second kappa shape index (κ2) is 28.3. The summed E-state index contributed by atoms with van der Waals surface area (Å²) in [7, 11) is 0. The van der Waals surface area contributed by atoms with E-state index >= 15 is 0 Å². The Labute approximate surface area is 299 Å². The van der Waals surface area contributed by atoms with Crippen LogP contribution in [0.2, 0.25) is 0 Å². The predicted octanol–water partition coefficient (Wildman–Crippen LogP) is 13.6. The van der Waals surface area contributed by atoms with Crippen molar-refractivity contribution in [1.82, 2.24) is 5.32 Å². The summed E-state index contributed by atoms with van der Waals surface area (Å²) in [5.74, 6) is 3.24. The Bertz CT molecular complexity index is 1270. The van der Waals surface area contributed by atoms with Crippen molar-refractivity contribution in [2.45, 2.75) is 135 Å². The number of benzene rings is 2. The summed E-state index contributed by atoms with van der Waals surface area (Å²) in [6, 6.07) is 15.6. The first-order valence-corrected chi connectivity index (χ1v) is 17.9. The lowest BCUT2D eigenvalue weighted by Gasteiger charge is -2.32. The van der Waals surface area contributed by atoms with Gasteiger partial charge in [-0.15, -0.1) is 6.42 Å². The molecule has 0 aromatic heterocycles. The van der Waals surface area contributed by atoms with Gasteiger partial charge in [0.15, 0.2) is 0 Å². The zero-order chi connectivity index (χ0) is 37.9. The first kappa shape index (κ1) is 48.7. The molecule has 0 radical (unpaired) electrons. The number of allylic oxidation sites excluding steroid dienone is 4. The van der Waals surface area contributed by atoms with E-state index in [1.807, 2.05) is 33.8 Å². The standard InChI is InChI=1S/C27H39N.C10H12.C5H12.C2H5N.C2H6/c1-11-23-13-15-25(16-14-23)26(21(6)18-27(8,9)10)28-22(7)20(5)17-24(12-2)19(3)4;1-4-10-7-8(2)5-6-9(10)3;1-3-5-4-2;1-2-3;1-2/h2,13-17,21,26,28H,7,11,18H2,1,3-6,8-10H3;4-7H,1H2,2-3H3;3-5H2,1-2H3;2H,1,3H2;1-2H3/b20-17-;;;;/t21-,26?;;;;/m1..../s1. The van der Waals surface area contributed by atoms with Gasteiger partial charge in [0.05, 0.1) is 6.04 Å². The van der Waals surface area contributed by atoms with Crippen molar-refractivity contribution in [2.24, 2.45) is 17.1 Å². The molecule has 2 atom stereocenters. The number of rotatable bonds is 11. The van der Waals surface area contributed by atoms with E-state index in [9.17, 15) is 0 Å². The molecule has 0 bridgehead atoms. The van der Waals surface area contributed by atoms with Gasteiger partial charge in [-0.05, 0) is 98.9 Å². The van der Waals surface area contributed by atoms with Crippen LogP contribution in [-0.2, 0) is 6.42 Å². The van der Waals surface area contributed by atoms with E-state index in [2.05, 4.69) is 154 Å². The minimum absolute atomic E-state index is 0.210. The molecule has 2 aromatic carbocycles. The van der Waals surface area contributed by atoms with Crippen molar-refractivity contribution in [3.63, 3.8) is 0 Å². The Morgan fingerprint density at radius 3 is 1.83 bits per heavy atom. The van der Waals surface area contributed by atoms with Crippen LogP contribution < -0.4 is 11.1 Å². The van der Waals surface area contributed by atoms with E-state index in [4.69, 9.17) is 6.42 Å². The second-order valence-corrected chi connectivity index (χ2v) is 13.5. The van der Waals surface area contributed by atoms with Gasteiger partial charge in [0.2, 0.25) is 0 Å². The molecular formula is C46H74N2. The van der Waals surface area contributed by atoms with Crippen molar-refractivity contribution in [1.29, 1.82) is 0 Å². The van der Waals surface area contributed by atoms with Crippen LogP contribution >= 0.6 is 0 Å². The normalized spacial score (nSPS) is 11.4. The lowest BCUT2D eigenvalue weighted by Crippen LogP contribution is -2.29. The van der Waals surface area contributed by atoms with E-state index in [1.165, 1.54) is 53.3 Å². The summed E-state index contributed by atoms with van der Waals surface area (Å²) >= 11 is 0. The largest absolute Gasteiger partial charge is 0.405 e. The monoisotopic (exact) mass is 655 g/mol. The molecule has 268 valence electrons. The topological polar surface area (TPSA) is 38.0 Å². The highest BCUT2D eigenvalue weighted by molar-refractivity contribution is 5.52. The van der Waals surface area contributed by atoms with Crippen LogP contribution in [0.1, 0.15) is 143 Å². The lowest BCUT2D eigenvalue weighted by molar-refractivity contribution is 0.264. The van der Waals surface area contributed by atoms with Crippen LogP contribution in [0.5, 0.6) is 0 Å². The molecular weight excluding hydrogens is 581 g/mol. The number of nitrogens with two attached hydrogens (primary N) is 1. The third-order valence-corrected chi connectivity index (χ3v) is 7.47. The Morgan fingerprint density at radius 2 is 1.48 bits per heavy atom. The highest BCUT2D eigenvalue weighted by Gasteiger charge is 2.25. The Morgan fingerprint density at radius 1 is 0.958 bits per heavy atom. The highest BCUT2D eigenvalue weighted by atomic mass is 14.9. The summed E-state index contributed by atoms with van der Waals surface area (Å²) in [5.41, 5.74) is 15.4. The molecule has 0 amide bonds. The van der Waals surface area contributed by atoms with Crippen LogP contribution in [0.3, 0.4) is 0 Å². The van der Waals surface area contributed by atoms with E-state index in [1.54, 1.807) is 0 Å². The number of hydrogen-bond acceptors (Lipinski definition) is 2. The molecule has 0 saturated carbocycles. The molecule has 2 nitrogen and oxygen atoms in total. The maximum absolute atomic E-state index is 5.66. The number of hydrogen-bond donors (Lipinski definition) is 2. The third kappa shape index (κ3) is 22.8. The predicted molar refractivity (Wildman–Crippen MR) is 222 cm³/mol. The average Bonchev–Trinajstić information content (AvgIpc) is 3.04. The number of nitrogens with one attached hydrogen (secondary N) is 1. The molecule has 2 heteroatoms. The van der Waals surface area contributed by atoms with Gasteiger partial charge in [-0.2, -0.15) is 0 Å². The molecule has 48 heavy (non-hydrogen) atoms. The van der Waals surface area contributed by atoms with Crippen molar-refractivity contribution in [3.8, 4) is 12.3 Å². The number of unbranched alkanes of at least 4 members (excludes halogenated alkanes) is 2. The van der Waals surface area contributed by atoms with E-state index in [0.717, 1.165) is 35.3 Å². The van der Waals surface area contributed by atoms with Crippen molar-refractivity contribution >= 4 is 6.08 Å². The number of terminal acetylenes is 1. The SMILES string of the molecule is C#CC(/C=C(/C)C(=C)NC(c1ccc(CC)cc1)[C@H](C)CC(C)(C)C)=C(C)C.C=CN.C=Cc1cc(C)ccc1C.CC.CCCCC. The zero-order valence-corrected chi connectivity index (χ0v) is 33.7. The van der Waals surface area contributed by atoms with Crippen LogP contribution in [0, 0.1) is 37.5 Å². The van der Waals surface area contributed by atoms with E-state index in [0.29, 0.717) is 5.92 Å². The maximum Gasteiger partial charge on any atom is 0.0539 e. The van der Waals surface area contributed by atoms with Crippen LogP contribution in [0.25, 0.3) is 6.08 Å². The van der Waals surface area contributed by atoms with Gasteiger partial charge in [-0.3, -0.25) is 0 Å². The maximum atomic E-state index is 5.66. The zero-order valence-electron chi connectivity index (χ0n) is 33.7. The van der Waals surface area contributed by atoms with Gasteiger partial charge >= 0.3 is 0 Å². The molecule has 2 rings (SSSR count). The smallest absolute Gasteiger partial charge is 0.0539 e. The molecule has 3 N–H and O–H groups in total. The lowest BCUT2D eigenvalue weighted by atomic mass is 9.80. The van der Waals surface area contributed by atoms with E-state index < -0.39 is 0 Å². The van der Waals surface area contributed by atoms with Crippen molar-refractivity contribution < 1.29 is 0 Å². The van der Waals surface area contributed by atoms with Crippen LogP contribution in [0.4, 0.5) is 0 Å². The van der Waals surface area contributed by atoms with Gasteiger partial charge in [0, 0.05) is 11.3 Å². The summed E-state index contributed by atoms with van der Waals surface area (Å²) < 4.78 is 0. The fourth-order valence-corrected chi connectivity index (χ4v) is 4.87. The Hall–Kier alpha value is -3.70. The fourth-order valence-electron chi connectivity index (χ4n) is 4.87. The Balaban J connectivity index is -0.000000820. The minimum Gasteiger partial charge on any atom is -0.405 e. The fraction of sp³-hybridized carbons (Fsp3) is 0.478. The van der Waals surface area contributed by atoms with Gasteiger partial charge in [0.25, 0.3) is 0 Å². The highest BCUT2D eigenvalue weighted by Crippen LogP contribution is 2.34. The quantitative estimate of drug-likeness (QED) is 0.187. The molecule has 0 aliphatic carbocycles. The minimum atomic E-state index is 0.210. The summed E-state index contributed by atoms with van der Waals surface area (Å²) in [6.07, 6.45) is 17.1. The van der Waals surface area contributed by atoms with Crippen molar-refractivity contribution in [3.05, 3.63) is 125 Å². The van der Waals surface area contributed by atoms with Gasteiger partial charge < -0.3 is 11.1 Å². The first-order chi connectivity index (χ1) is 22.5. The van der Waals surface area contributed by atoms with Crippen molar-refractivity contribution in [2.75, 3.05) is 0 Å². The molecule has 0 fully saturated rings. The molecule has 0 spiro atoms.